The highest BCUT2D eigenvalue weighted by Crippen LogP contribution is 2.09. The van der Waals surface area contributed by atoms with E-state index in [1.165, 1.54) is 6.08 Å². The molecule has 3 heteroatoms. The van der Waals surface area contributed by atoms with Crippen LogP contribution in [0.15, 0.2) is 30.3 Å². The lowest BCUT2D eigenvalue weighted by molar-refractivity contribution is -0.143. The van der Waals surface area contributed by atoms with Gasteiger partial charge in [-0.3, -0.25) is 0 Å². The molecule has 2 N–H and O–H groups in total. The Labute approximate surface area is 102 Å². The molecule has 92 valence electrons. The third-order valence-corrected chi connectivity index (χ3v) is 2.59. The normalized spacial score (nSPS) is 12.9. The second-order valence-corrected chi connectivity index (χ2v) is 4.39. The maximum absolute atomic E-state index is 11.5. The predicted molar refractivity (Wildman–Crippen MR) is 70.3 cm³/mol. The molecule has 0 fully saturated rings. The fraction of sp³-hybridized carbons (Fsp3) is 0.357. The van der Waals surface area contributed by atoms with Crippen LogP contribution in [-0.2, 0) is 9.53 Å². The first-order valence-corrected chi connectivity index (χ1v) is 5.73. The predicted octanol–water partition coefficient (Wildman–Crippen LogP) is 2.87. The highest BCUT2D eigenvalue weighted by molar-refractivity contribution is 5.87. The van der Waals surface area contributed by atoms with Crippen LogP contribution in [0.1, 0.15) is 26.3 Å². The number of ether oxygens (including phenoxy) is 1. The van der Waals surface area contributed by atoms with Gasteiger partial charge in [0.1, 0.15) is 6.10 Å². The summed E-state index contributed by atoms with van der Waals surface area (Å²) in [6.45, 7) is 5.92. The Kier molecular flexibility index (Phi) is 4.76. The zero-order valence-electron chi connectivity index (χ0n) is 10.5. The number of hydrogen-bond acceptors (Lipinski definition) is 3. The lowest BCUT2D eigenvalue weighted by Crippen LogP contribution is -2.18. The van der Waals surface area contributed by atoms with Crippen molar-refractivity contribution in [2.24, 2.45) is 5.92 Å². The topological polar surface area (TPSA) is 52.3 Å². The van der Waals surface area contributed by atoms with Crippen molar-refractivity contribution in [3.05, 3.63) is 35.9 Å². The molecule has 0 spiro atoms. The Bertz CT molecular complexity index is 393. The van der Waals surface area contributed by atoms with Gasteiger partial charge in [0.05, 0.1) is 0 Å². The van der Waals surface area contributed by atoms with Crippen LogP contribution in [0.2, 0.25) is 0 Å². The Balaban J connectivity index is 2.53. The lowest BCUT2D eigenvalue weighted by atomic mass is 10.1. The van der Waals surface area contributed by atoms with Gasteiger partial charge in [-0.2, -0.15) is 0 Å². The van der Waals surface area contributed by atoms with Crippen molar-refractivity contribution in [3.63, 3.8) is 0 Å². The number of hydrogen-bond donors (Lipinski definition) is 1. The minimum Gasteiger partial charge on any atom is -0.459 e. The summed E-state index contributed by atoms with van der Waals surface area (Å²) in [6, 6.07) is 7.29. The Morgan fingerprint density at radius 1 is 1.24 bits per heavy atom. The van der Waals surface area contributed by atoms with E-state index in [1.807, 2.05) is 32.9 Å². The van der Waals surface area contributed by atoms with Crippen LogP contribution in [-0.4, -0.2) is 12.1 Å². The number of carbonyl (C=O) groups excluding carboxylic acids is 1. The molecule has 0 saturated carbocycles. The van der Waals surface area contributed by atoms with Crippen molar-refractivity contribution < 1.29 is 9.53 Å². The molecule has 0 aliphatic heterocycles. The monoisotopic (exact) mass is 233 g/mol. The van der Waals surface area contributed by atoms with E-state index >= 15 is 0 Å². The maximum atomic E-state index is 11.5. The fourth-order valence-electron chi connectivity index (χ4n) is 1.13. The zero-order valence-corrected chi connectivity index (χ0v) is 10.5. The van der Waals surface area contributed by atoms with Gasteiger partial charge in [0, 0.05) is 11.8 Å². The van der Waals surface area contributed by atoms with E-state index in [2.05, 4.69) is 0 Å². The molecule has 0 radical (unpaired) electrons. The van der Waals surface area contributed by atoms with Crippen LogP contribution >= 0.6 is 0 Å². The molecule has 0 aliphatic rings. The Hall–Kier alpha value is -1.77. The van der Waals surface area contributed by atoms with E-state index in [9.17, 15) is 4.79 Å². The van der Waals surface area contributed by atoms with Crippen LogP contribution in [0.4, 0.5) is 5.69 Å². The molecule has 0 amide bonds. The first kappa shape index (κ1) is 13.3. The van der Waals surface area contributed by atoms with Gasteiger partial charge in [-0.1, -0.05) is 26.0 Å². The Morgan fingerprint density at radius 3 is 2.35 bits per heavy atom. The van der Waals surface area contributed by atoms with Gasteiger partial charge >= 0.3 is 5.97 Å². The van der Waals surface area contributed by atoms with Crippen molar-refractivity contribution in [1.82, 2.24) is 0 Å². The van der Waals surface area contributed by atoms with E-state index in [-0.39, 0.29) is 12.1 Å². The standard InChI is InChI=1S/C14H19NO2/c1-10(2)11(3)17-14(16)9-6-12-4-7-13(15)8-5-12/h4-11H,15H2,1-3H3/b9-6+. The van der Waals surface area contributed by atoms with Crippen LogP contribution in [0.3, 0.4) is 0 Å². The molecule has 0 heterocycles. The summed E-state index contributed by atoms with van der Waals surface area (Å²) in [7, 11) is 0. The first-order chi connectivity index (χ1) is 7.99. The third-order valence-electron chi connectivity index (χ3n) is 2.59. The van der Waals surface area contributed by atoms with E-state index < -0.39 is 0 Å². The molecule has 1 atom stereocenters. The average Bonchev–Trinajstić information content (AvgIpc) is 2.28. The molecule has 1 aromatic carbocycles. The van der Waals surface area contributed by atoms with Crippen molar-refractivity contribution in [2.45, 2.75) is 26.9 Å². The molecule has 3 nitrogen and oxygen atoms in total. The zero-order chi connectivity index (χ0) is 12.8. The largest absolute Gasteiger partial charge is 0.459 e. The molecule has 1 aromatic rings. The third kappa shape index (κ3) is 4.72. The van der Waals surface area contributed by atoms with E-state index in [0.29, 0.717) is 11.6 Å². The van der Waals surface area contributed by atoms with E-state index in [1.54, 1.807) is 18.2 Å². The van der Waals surface area contributed by atoms with Crippen LogP contribution in [0, 0.1) is 5.92 Å². The highest BCUT2D eigenvalue weighted by atomic mass is 16.5. The van der Waals surface area contributed by atoms with Gasteiger partial charge in [-0.05, 0) is 36.6 Å². The van der Waals surface area contributed by atoms with Crippen molar-refractivity contribution in [3.8, 4) is 0 Å². The first-order valence-electron chi connectivity index (χ1n) is 5.73. The van der Waals surface area contributed by atoms with E-state index in [4.69, 9.17) is 10.5 Å². The minimum absolute atomic E-state index is 0.0708. The number of anilines is 1. The fourth-order valence-corrected chi connectivity index (χ4v) is 1.13. The van der Waals surface area contributed by atoms with Crippen LogP contribution < -0.4 is 5.73 Å². The molecule has 17 heavy (non-hydrogen) atoms. The summed E-state index contributed by atoms with van der Waals surface area (Å²) in [4.78, 5) is 11.5. The number of esters is 1. The number of nitrogens with two attached hydrogens (primary N) is 1. The Morgan fingerprint density at radius 2 is 1.82 bits per heavy atom. The lowest BCUT2D eigenvalue weighted by Gasteiger charge is -2.14. The number of rotatable bonds is 4. The SMILES string of the molecule is CC(C)C(C)OC(=O)/C=C/c1ccc(N)cc1. The summed E-state index contributed by atoms with van der Waals surface area (Å²) < 4.78 is 5.21. The number of carbonyl (C=O) groups is 1. The molecule has 1 rings (SSSR count). The average molecular weight is 233 g/mol. The summed E-state index contributed by atoms with van der Waals surface area (Å²) in [5.41, 5.74) is 7.20. The summed E-state index contributed by atoms with van der Waals surface area (Å²) in [6.07, 6.45) is 3.08. The molecular formula is C14H19NO2. The molecule has 0 aliphatic carbocycles. The highest BCUT2D eigenvalue weighted by Gasteiger charge is 2.10. The van der Waals surface area contributed by atoms with Gasteiger partial charge in [0.2, 0.25) is 0 Å². The number of nitrogen functional groups attached to an aromatic ring is 1. The smallest absolute Gasteiger partial charge is 0.331 e. The van der Waals surface area contributed by atoms with Crippen molar-refractivity contribution >= 4 is 17.7 Å². The quantitative estimate of drug-likeness (QED) is 0.494. The van der Waals surface area contributed by atoms with Gasteiger partial charge in [-0.25, -0.2) is 4.79 Å². The molecule has 0 bridgehead atoms. The second kappa shape index (κ2) is 6.09. The maximum Gasteiger partial charge on any atom is 0.331 e. The molecular weight excluding hydrogens is 214 g/mol. The van der Waals surface area contributed by atoms with Crippen molar-refractivity contribution in [2.75, 3.05) is 5.73 Å². The summed E-state index contributed by atoms with van der Waals surface area (Å²) >= 11 is 0. The number of benzene rings is 1. The summed E-state index contributed by atoms with van der Waals surface area (Å²) in [5, 5.41) is 0. The van der Waals surface area contributed by atoms with Crippen LogP contribution in [0.5, 0.6) is 0 Å². The molecule has 0 aromatic heterocycles. The van der Waals surface area contributed by atoms with Crippen molar-refractivity contribution in [1.29, 1.82) is 0 Å². The van der Waals surface area contributed by atoms with Gasteiger partial charge < -0.3 is 10.5 Å². The van der Waals surface area contributed by atoms with E-state index in [0.717, 1.165) is 5.56 Å². The minimum atomic E-state index is -0.317. The molecule has 1 unspecified atom stereocenters. The van der Waals surface area contributed by atoms with Gasteiger partial charge in [0.25, 0.3) is 0 Å². The second-order valence-electron chi connectivity index (χ2n) is 4.39. The van der Waals surface area contributed by atoms with Gasteiger partial charge in [-0.15, -0.1) is 0 Å². The molecule has 0 saturated heterocycles. The van der Waals surface area contributed by atoms with Gasteiger partial charge in [0.15, 0.2) is 0 Å². The summed E-state index contributed by atoms with van der Waals surface area (Å²) in [5.74, 6) is 0.00639. The van der Waals surface area contributed by atoms with Crippen LogP contribution in [0.25, 0.3) is 6.08 Å².